The number of amides is 4. The van der Waals surface area contributed by atoms with Gasteiger partial charge in [-0.05, 0) is 47.7 Å². The topological polar surface area (TPSA) is 164 Å². The van der Waals surface area contributed by atoms with E-state index in [-0.39, 0.29) is 112 Å². The zero-order chi connectivity index (χ0) is 34.8. The van der Waals surface area contributed by atoms with E-state index >= 15 is 0 Å². The van der Waals surface area contributed by atoms with Gasteiger partial charge in [-0.2, -0.15) is 0 Å². The number of hydrogen-bond donors (Lipinski definition) is 5. The summed E-state index contributed by atoms with van der Waals surface area (Å²) >= 11 is 0. The molecule has 5 rings (SSSR count). The maximum Gasteiger partial charge on any atom is 1.00 e. The molecule has 264 valence electrons. The quantitative estimate of drug-likeness (QED) is 0.0516. The Hall–Kier alpha value is -2.68. The summed E-state index contributed by atoms with van der Waals surface area (Å²) in [4.78, 5) is 65.5. The van der Waals surface area contributed by atoms with Crippen LogP contribution in [0.15, 0.2) is 91.5 Å². The van der Waals surface area contributed by atoms with Gasteiger partial charge in [0, 0.05) is 44.8 Å². The van der Waals surface area contributed by atoms with Crippen LogP contribution in [0.4, 0.5) is 10.5 Å². The summed E-state index contributed by atoms with van der Waals surface area (Å²) in [6.07, 6.45) is 3.03. The van der Waals surface area contributed by atoms with Crippen LogP contribution in [-0.4, -0.2) is 82.4 Å². The van der Waals surface area contributed by atoms with Crippen LogP contribution in [0.25, 0.3) is 0 Å². The Morgan fingerprint density at radius 3 is 2.29 bits per heavy atom. The van der Waals surface area contributed by atoms with E-state index < -0.39 is 26.1 Å². The summed E-state index contributed by atoms with van der Waals surface area (Å²) in [5, 5.41) is 8.84. The van der Waals surface area contributed by atoms with E-state index in [4.69, 9.17) is 0 Å². The number of carbonyl (C=O) groups is 3. The van der Waals surface area contributed by atoms with E-state index in [2.05, 4.69) is 38.0 Å². The van der Waals surface area contributed by atoms with Crippen LogP contribution in [0.1, 0.15) is 32.4 Å². The Morgan fingerprint density at radius 2 is 1.63 bits per heavy atom. The van der Waals surface area contributed by atoms with Crippen molar-refractivity contribution < 1.29 is 95.2 Å². The van der Waals surface area contributed by atoms with Gasteiger partial charge in [-0.1, -0.05) is 66.7 Å². The second-order valence-corrected chi connectivity index (χ2v) is 13.2. The monoisotopic (exact) mass is 738 g/mol. The normalized spacial score (nSPS) is 17.2. The fourth-order valence-electron chi connectivity index (χ4n) is 6.24. The molecule has 0 aromatic heterocycles. The first kappa shape index (κ1) is 42.7. The molecule has 5 N–H and O–H groups in total. The van der Waals surface area contributed by atoms with E-state index in [0.29, 0.717) is 12.1 Å². The molecule has 0 aliphatic carbocycles. The van der Waals surface area contributed by atoms with Gasteiger partial charge in [-0.15, -0.1) is 6.58 Å². The molecule has 2 atom stereocenters. The van der Waals surface area contributed by atoms with E-state index in [1.54, 1.807) is 23.1 Å². The average molecular weight is 739 g/mol. The van der Waals surface area contributed by atoms with Gasteiger partial charge in [0.2, 0.25) is 11.8 Å². The molecule has 2 aliphatic heterocycles. The van der Waals surface area contributed by atoms with Gasteiger partial charge in [0.25, 0.3) is 0 Å². The fourth-order valence-corrected chi connectivity index (χ4v) is 6.64. The Bertz CT molecular complexity index is 1670. The molecule has 0 radical (unpaired) electrons. The number of phosphoric acid groups is 1. The maximum atomic E-state index is 14.4. The third-order valence-electron chi connectivity index (χ3n) is 8.48. The van der Waals surface area contributed by atoms with Crippen molar-refractivity contribution in [2.45, 2.75) is 44.6 Å². The van der Waals surface area contributed by atoms with Gasteiger partial charge in [0.1, 0.15) is 18.0 Å². The predicted molar refractivity (Wildman–Crippen MR) is 188 cm³/mol. The van der Waals surface area contributed by atoms with Crippen molar-refractivity contribution >= 4 is 31.4 Å². The molecule has 0 unspecified atom stereocenters. The molecule has 0 saturated carbocycles. The van der Waals surface area contributed by atoms with E-state index in [1.807, 2.05) is 48.5 Å². The molecule has 0 spiro atoms. The van der Waals surface area contributed by atoms with Gasteiger partial charge in [0.15, 0.2) is 0 Å². The minimum atomic E-state index is -4.76. The first-order valence-corrected chi connectivity index (χ1v) is 17.8. The predicted octanol–water partition coefficient (Wildman–Crippen LogP) is -2.63. The van der Waals surface area contributed by atoms with Crippen LogP contribution >= 0.6 is 7.82 Å². The molecule has 2 aliphatic rings. The SMILES string of the molecule is C=CCNCC(=O)N1[C@@H](NC(=O)NCc2ccccc2)CN(Cc2ccccc2N2CCCC2)C(=O)[C@@H]1Cc1ccc(OP(=O)(O)O)cc1.[H-].[H-].[Na+].[Na+]. The molecular weight excluding hydrogens is 693 g/mol. The number of urea groups is 1. The molecule has 2 fully saturated rings. The van der Waals surface area contributed by atoms with Crippen molar-refractivity contribution in [3.8, 4) is 5.75 Å². The van der Waals surface area contributed by atoms with Crippen molar-refractivity contribution in [1.29, 1.82) is 0 Å². The van der Waals surface area contributed by atoms with Crippen LogP contribution in [0, 0.1) is 0 Å². The van der Waals surface area contributed by atoms with Crippen molar-refractivity contribution in [3.05, 3.63) is 108 Å². The molecule has 16 heteroatoms. The second kappa shape index (κ2) is 20.5. The smallest absolute Gasteiger partial charge is 1.00 e. The number of hydrogen-bond acceptors (Lipinski definition) is 7. The summed E-state index contributed by atoms with van der Waals surface area (Å²) in [6, 6.07) is 21.9. The van der Waals surface area contributed by atoms with Crippen LogP contribution in [0.2, 0.25) is 0 Å². The number of anilines is 1. The number of piperazine rings is 1. The molecule has 2 saturated heterocycles. The van der Waals surface area contributed by atoms with Crippen molar-refractivity contribution in [3.63, 3.8) is 0 Å². The van der Waals surface area contributed by atoms with Gasteiger partial charge in [-0.25, -0.2) is 9.36 Å². The number of para-hydroxylation sites is 1. The van der Waals surface area contributed by atoms with E-state index in [9.17, 15) is 28.7 Å². The molecule has 0 bridgehead atoms. The van der Waals surface area contributed by atoms with Gasteiger partial charge in [-0.3, -0.25) is 19.4 Å². The summed E-state index contributed by atoms with van der Waals surface area (Å²) < 4.78 is 16.0. The number of nitrogens with zero attached hydrogens (tertiary/aromatic N) is 3. The summed E-state index contributed by atoms with van der Waals surface area (Å²) in [7, 11) is -4.76. The number of carbonyl (C=O) groups excluding carboxylic acids is 3. The van der Waals surface area contributed by atoms with Crippen LogP contribution in [0.3, 0.4) is 0 Å². The Labute approximate surface area is 346 Å². The average Bonchev–Trinajstić information content (AvgIpc) is 3.62. The molecule has 51 heavy (non-hydrogen) atoms. The fraction of sp³-hybridized carbons (Fsp3) is 0.343. The number of phosphoric ester groups is 1. The number of benzene rings is 3. The summed E-state index contributed by atoms with van der Waals surface area (Å²) in [5.41, 5.74) is 3.56. The zero-order valence-corrected chi connectivity index (χ0v) is 34.1. The van der Waals surface area contributed by atoms with Gasteiger partial charge < -0.3 is 38.0 Å². The zero-order valence-electron chi connectivity index (χ0n) is 31.2. The molecule has 2 heterocycles. The summed E-state index contributed by atoms with van der Waals surface area (Å²) in [5.74, 6) is -0.706. The molecule has 3 aromatic carbocycles. The molecule has 3 aromatic rings. The number of nitrogens with one attached hydrogen (secondary N) is 3. The summed E-state index contributed by atoms with van der Waals surface area (Å²) in [6.45, 7) is 6.44. The standard InChI is InChI=1S/C35H43N6O7P.2Na.2H/c1-2-18-36-23-33(42)41-31(21-26-14-16-29(17-15-26)48-49(45,46)47)34(43)40(24-28-12-6-7-13-30(28)39-19-8-9-20-39)25-32(41)38-35(44)37-22-27-10-4-3-5-11-27;;;;/h2-7,10-17,31-32,36H,1,8-9,18-25H2,(H2,37,38,44)(H2,45,46,47);;;;/q;2*+1;2*-1/t31-,32+;;;;/m0..../s1. The first-order chi connectivity index (χ1) is 23.6. The van der Waals surface area contributed by atoms with Crippen LogP contribution in [0.5, 0.6) is 5.75 Å². The minimum Gasteiger partial charge on any atom is -1.00 e. The number of rotatable bonds is 14. The Kier molecular flexibility index (Phi) is 17.2. The third-order valence-corrected chi connectivity index (χ3v) is 8.93. The molecule has 4 amide bonds. The largest absolute Gasteiger partial charge is 1.00 e. The first-order valence-electron chi connectivity index (χ1n) is 16.3. The van der Waals surface area contributed by atoms with Crippen LogP contribution < -0.4 is 84.5 Å². The van der Waals surface area contributed by atoms with Crippen molar-refractivity contribution in [2.75, 3.05) is 37.6 Å². The van der Waals surface area contributed by atoms with Gasteiger partial charge >= 0.3 is 73.0 Å². The maximum absolute atomic E-state index is 14.4. The van der Waals surface area contributed by atoms with Crippen LogP contribution in [-0.2, 0) is 33.7 Å². The van der Waals surface area contributed by atoms with E-state index in [1.165, 1.54) is 17.0 Å². The van der Waals surface area contributed by atoms with Crippen molar-refractivity contribution in [2.24, 2.45) is 0 Å². The van der Waals surface area contributed by atoms with Crippen molar-refractivity contribution in [1.82, 2.24) is 25.8 Å². The van der Waals surface area contributed by atoms with E-state index in [0.717, 1.165) is 42.7 Å². The Balaban J connectivity index is 0.00000351. The minimum absolute atomic E-state index is 0. The third kappa shape index (κ3) is 12.5. The second-order valence-electron chi connectivity index (χ2n) is 12.0. The van der Waals surface area contributed by atoms with Gasteiger partial charge in [0.05, 0.1) is 13.1 Å². The molecular formula is C35H45N6Na2O7P. The Morgan fingerprint density at radius 1 is 0.961 bits per heavy atom. The molecule has 13 nitrogen and oxygen atoms in total.